The van der Waals surface area contributed by atoms with Crippen LogP contribution in [0.1, 0.15) is 11.3 Å². The zero-order chi connectivity index (χ0) is 12.3. The van der Waals surface area contributed by atoms with Gasteiger partial charge in [0.05, 0.1) is 32.3 Å². The molecule has 17 heavy (non-hydrogen) atoms. The Balaban J connectivity index is 2.25. The van der Waals surface area contributed by atoms with Crippen molar-refractivity contribution >= 4 is 11.6 Å². The summed E-state index contributed by atoms with van der Waals surface area (Å²) in [6, 6.07) is 5.48. The van der Waals surface area contributed by atoms with Gasteiger partial charge in [-0.1, -0.05) is 11.6 Å². The first kappa shape index (κ1) is 12.0. The zero-order valence-electron chi connectivity index (χ0n) is 9.43. The van der Waals surface area contributed by atoms with E-state index in [0.29, 0.717) is 17.3 Å². The third-order valence-corrected chi connectivity index (χ3v) is 2.68. The average molecular weight is 253 g/mol. The van der Waals surface area contributed by atoms with E-state index >= 15 is 0 Å². The lowest BCUT2D eigenvalue weighted by Crippen LogP contribution is -1.99. The summed E-state index contributed by atoms with van der Waals surface area (Å²) >= 11 is 5.95. The molecule has 0 bridgehead atoms. The van der Waals surface area contributed by atoms with Crippen molar-refractivity contribution in [3.63, 3.8) is 0 Å². The Morgan fingerprint density at radius 2 is 2.29 bits per heavy atom. The van der Waals surface area contributed by atoms with Crippen molar-refractivity contribution in [1.29, 1.82) is 0 Å². The van der Waals surface area contributed by atoms with Gasteiger partial charge >= 0.3 is 0 Å². The van der Waals surface area contributed by atoms with Crippen LogP contribution < -0.4 is 4.74 Å². The Morgan fingerprint density at radius 1 is 1.47 bits per heavy atom. The number of nitrogens with zero attached hydrogens (tertiary/aromatic N) is 2. The van der Waals surface area contributed by atoms with Crippen LogP contribution in [-0.4, -0.2) is 21.8 Å². The van der Waals surface area contributed by atoms with E-state index < -0.39 is 0 Å². The minimum Gasteiger partial charge on any atom is -0.496 e. The molecule has 0 spiro atoms. The van der Waals surface area contributed by atoms with E-state index in [2.05, 4.69) is 4.98 Å². The SMILES string of the molecule is COc1ccc(Cl)cc1Cn1cnc(CO)c1. The third kappa shape index (κ3) is 2.78. The smallest absolute Gasteiger partial charge is 0.123 e. The van der Waals surface area contributed by atoms with E-state index in [0.717, 1.165) is 11.3 Å². The number of aliphatic hydroxyl groups is 1. The number of imidazole rings is 1. The summed E-state index contributed by atoms with van der Waals surface area (Å²) in [5.74, 6) is 0.786. The molecule has 0 amide bonds. The van der Waals surface area contributed by atoms with Gasteiger partial charge in [-0.05, 0) is 18.2 Å². The van der Waals surface area contributed by atoms with Gasteiger partial charge in [0.15, 0.2) is 0 Å². The van der Waals surface area contributed by atoms with Gasteiger partial charge in [0.2, 0.25) is 0 Å². The highest BCUT2D eigenvalue weighted by Crippen LogP contribution is 2.23. The van der Waals surface area contributed by atoms with Gasteiger partial charge in [-0.3, -0.25) is 0 Å². The number of aromatic nitrogens is 2. The zero-order valence-corrected chi connectivity index (χ0v) is 10.2. The number of aliphatic hydroxyl groups excluding tert-OH is 1. The molecule has 0 aliphatic carbocycles. The summed E-state index contributed by atoms with van der Waals surface area (Å²) in [5.41, 5.74) is 1.62. The van der Waals surface area contributed by atoms with Crippen LogP contribution in [0.5, 0.6) is 5.75 Å². The van der Waals surface area contributed by atoms with Gasteiger partial charge in [0, 0.05) is 16.8 Å². The lowest BCUT2D eigenvalue weighted by molar-refractivity contribution is 0.277. The topological polar surface area (TPSA) is 47.3 Å². The van der Waals surface area contributed by atoms with Crippen molar-refractivity contribution in [1.82, 2.24) is 9.55 Å². The van der Waals surface area contributed by atoms with Crippen LogP contribution in [-0.2, 0) is 13.2 Å². The molecule has 0 saturated carbocycles. The van der Waals surface area contributed by atoms with Crippen LogP contribution in [0.25, 0.3) is 0 Å². The normalized spacial score (nSPS) is 10.5. The summed E-state index contributed by atoms with van der Waals surface area (Å²) < 4.78 is 7.14. The van der Waals surface area contributed by atoms with Crippen LogP contribution >= 0.6 is 11.6 Å². The monoisotopic (exact) mass is 252 g/mol. The fourth-order valence-corrected chi connectivity index (χ4v) is 1.84. The maximum Gasteiger partial charge on any atom is 0.123 e. The predicted octanol–water partition coefficient (Wildman–Crippen LogP) is 2.09. The molecule has 2 rings (SSSR count). The van der Waals surface area contributed by atoms with Crippen LogP contribution in [0.2, 0.25) is 5.02 Å². The molecule has 0 unspecified atom stereocenters. The first-order valence-electron chi connectivity index (χ1n) is 5.17. The molecule has 0 saturated heterocycles. The fraction of sp³-hybridized carbons (Fsp3) is 0.250. The Kier molecular flexibility index (Phi) is 3.66. The largest absolute Gasteiger partial charge is 0.496 e. The summed E-state index contributed by atoms with van der Waals surface area (Å²) in [5, 5.41) is 9.61. The highest BCUT2D eigenvalue weighted by atomic mass is 35.5. The lowest BCUT2D eigenvalue weighted by atomic mass is 10.2. The van der Waals surface area contributed by atoms with Crippen molar-refractivity contribution in [2.24, 2.45) is 0 Å². The molecule has 2 aromatic rings. The van der Waals surface area contributed by atoms with Gasteiger partial charge in [0.25, 0.3) is 0 Å². The molecule has 1 aromatic carbocycles. The first-order chi connectivity index (χ1) is 8.22. The molecule has 0 aliphatic rings. The average Bonchev–Trinajstić information content (AvgIpc) is 2.77. The maximum atomic E-state index is 8.94. The number of hydrogen-bond donors (Lipinski definition) is 1. The van der Waals surface area contributed by atoms with Crippen molar-refractivity contribution in [2.75, 3.05) is 7.11 Å². The lowest BCUT2D eigenvalue weighted by Gasteiger charge is -2.09. The van der Waals surface area contributed by atoms with E-state index in [4.69, 9.17) is 21.4 Å². The van der Waals surface area contributed by atoms with Gasteiger partial charge < -0.3 is 14.4 Å². The fourth-order valence-electron chi connectivity index (χ4n) is 1.64. The summed E-state index contributed by atoms with van der Waals surface area (Å²) in [6.45, 7) is 0.552. The van der Waals surface area contributed by atoms with Gasteiger partial charge in [0.1, 0.15) is 5.75 Å². The molecule has 0 aliphatic heterocycles. The number of ether oxygens (including phenoxy) is 1. The second-order valence-electron chi connectivity index (χ2n) is 3.65. The summed E-state index contributed by atoms with van der Waals surface area (Å²) in [7, 11) is 1.62. The molecule has 1 aromatic heterocycles. The Labute approximate surface area is 104 Å². The molecule has 0 fully saturated rings. The van der Waals surface area contributed by atoms with Crippen molar-refractivity contribution < 1.29 is 9.84 Å². The molecule has 5 heteroatoms. The Bertz CT molecular complexity index is 511. The second-order valence-corrected chi connectivity index (χ2v) is 4.09. The summed E-state index contributed by atoms with van der Waals surface area (Å²) in [6.07, 6.45) is 3.46. The summed E-state index contributed by atoms with van der Waals surface area (Å²) in [4.78, 5) is 4.05. The molecular weight excluding hydrogens is 240 g/mol. The third-order valence-electron chi connectivity index (χ3n) is 2.44. The van der Waals surface area contributed by atoms with Crippen LogP contribution in [0.4, 0.5) is 0 Å². The molecule has 0 atom stereocenters. The molecule has 90 valence electrons. The standard InChI is InChI=1S/C12H13ClN2O2/c1-17-12-3-2-10(13)4-9(12)5-15-6-11(7-16)14-8-15/h2-4,6,8,16H,5,7H2,1H3. The van der Waals surface area contributed by atoms with Gasteiger partial charge in [-0.25, -0.2) is 4.98 Å². The molecule has 1 N–H and O–H groups in total. The van der Waals surface area contributed by atoms with E-state index in [-0.39, 0.29) is 6.61 Å². The first-order valence-corrected chi connectivity index (χ1v) is 5.54. The van der Waals surface area contributed by atoms with E-state index in [1.54, 1.807) is 25.7 Å². The number of hydrogen-bond acceptors (Lipinski definition) is 3. The molecular formula is C12H13ClN2O2. The van der Waals surface area contributed by atoms with E-state index in [1.165, 1.54) is 0 Å². The van der Waals surface area contributed by atoms with Crippen molar-refractivity contribution in [3.8, 4) is 5.75 Å². The number of benzene rings is 1. The minimum atomic E-state index is -0.0559. The number of methoxy groups -OCH3 is 1. The predicted molar refractivity (Wildman–Crippen MR) is 65.3 cm³/mol. The van der Waals surface area contributed by atoms with Crippen molar-refractivity contribution in [3.05, 3.63) is 47.0 Å². The highest BCUT2D eigenvalue weighted by molar-refractivity contribution is 6.30. The number of halogens is 1. The Morgan fingerprint density at radius 3 is 2.94 bits per heavy atom. The molecule has 4 nitrogen and oxygen atoms in total. The van der Waals surface area contributed by atoms with E-state index in [9.17, 15) is 0 Å². The van der Waals surface area contributed by atoms with Gasteiger partial charge in [-0.15, -0.1) is 0 Å². The number of rotatable bonds is 4. The van der Waals surface area contributed by atoms with Crippen molar-refractivity contribution in [2.45, 2.75) is 13.2 Å². The quantitative estimate of drug-likeness (QED) is 0.906. The minimum absolute atomic E-state index is 0.0559. The molecule has 0 radical (unpaired) electrons. The highest BCUT2D eigenvalue weighted by Gasteiger charge is 2.05. The molecule has 1 heterocycles. The van der Waals surface area contributed by atoms with Gasteiger partial charge in [-0.2, -0.15) is 0 Å². The second kappa shape index (κ2) is 5.21. The van der Waals surface area contributed by atoms with Crippen LogP contribution in [0.3, 0.4) is 0 Å². The van der Waals surface area contributed by atoms with Crippen LogP contribution in [0, 0.1) is 0 Å². The van der Waals surface area contributed by atoms with E-state index in [1.807, 2.05) is 16.7 Å². The van der Waals surface area contributed by atoms with Crippen LogP contribution in [0.15, 0.2) is 30.7 Å². The maximum absolute atomic E-state index is 8.94. The Hall–Kier alpha value is -1.52.